The molecule has 14 heavy (non-hydrogen) atoms. The molecule has 80 valence electrons. The van der Waals surface area contributed by atoms with Gasteiger partial charge in [-0.05, 0) is 6.42 Å². The van der Waals surface area contributed by atoms with Gasteiger partial charge < -0.3 is 9.80 Å². The summed E-state index contributed by atoms with van der Waals surface area (Å²) in [6.07, 6.45) is 0.974. The third kappa shape index (κ3) is 2.37. The monoisotopic (exact) mass is 197 g/mol. The Morgan fingerprint density at radius 3 is 1.79 bits per heavy atom. The van der Waals surface area contributed by atoms with Crippen molar-refractivity contribution in [1.82, 2.24) is 15.1 Å². The molecule has 1 aliphatic heterocycles. The molecule has 0 unspecified atom stereocenters. The van der Waals surface area contributed by atoms with E-state index in [0.717, 1.165) is 18.3 Å². The highest BCUT2D eigenvalue weighted by Crippen LogP contribution is 2.05. The van der Waals surface area contributed by atoms with Crippen LogP contribution in [-0.4, -0.2) is 56.1 Å². The van der Waals surface area contributed by atoms with Gasteiger partial charge in [-0.3, -0.25) is 5.32 Å². The van der Waals surface area contributed by atoms with E-state index >= 15 is 0 Å². The summed E-state index contributed by atoms with van der Waals surface area (Å²) in [5.41, 5.74) is 0. The summed E-state index contributed by atoms with van der Waals surface area (Å²) in [6.45, 7) is 2.09. The third-order valence-electron chi connectivity index (χ3n) is 1.98. The second-order valence-electron chi connectivity index (χ2n) is 3.71. The number of nitrogens with zero attached hydrogens (tertiary/aromatic N) is 4. The van der Waals surface area contributed by atoms with Gasteiger partial charge in [0.05, 0.1) is 0 Å². The molecule has 1 N–H and O–H groups in total. The van der Waals surface area contributed by atoms with Crippen molar-refractivity contribution in [2.45, 2.75) is 19.5 Å². The van der Waals surface area contributed by atoms with Gasteiger partial charge in [0.2, 0.25) is 11.9 Å². The third-order valence-corrected chi connectivity index (χ3v) is 1.98. The van der Waals surface area contributed by atoms with Crippen molar-refractivity contribution >= 4 is 11.9 Å². The minimum absolute atomic E-state index is 0.0473. The Kier molecular flexibility index (Phi) is 3.33. The van der Waals surface area contributed by atoms with Gasteiger partial charge >= 0.3 is 0 Å². The number of guanidine groups is 2. The van der Waals surface area contributed by atoms with E-state index in [1.165, 1.54) is 0 Å². The maximum absolute atomic E-state index is 4.45. The van der Waals surface area contributed by atoms with Gasteiger partial charge in [0.1, 0.15) is 6.17 Å². The Balaban J connectivity index is 2.81. The molecule has 1 rings (SSSR count). The zero-order chi connectivity index (χ0) is 10.7. The first-order valence-electron chi connectivity index (χ1n) is 4.82. The predicted molar refractivity (Wildman–Crippen MR) is 59.5 cm³/mol. The van der Waals surface area contributed by atoms with Crippen molar-refractivity contribution in [3.63, 3.8) is 0 Å². The molecule has 5 heteroatoms. The van der Waals surface area contributed by atoms with Crippen molar-refractivity contribution in [2.24, 2.45) is 9.98 Å². The normalized spacial score (nSPS) is 16.9. The van der Waals surface area contributed by atoms with Gasteiger partial charge in [0, 0.05) is 28.2 Å². The lowest BCUT2D eigenvalue weighted by Gasteiger charge is -2.27. The summed E-state index contributed by atoms with van der Waals surface area (Å²) in [7, 11) is 7.88. The lowest BCUT2D eigenvalue weighted by molar-refractivity contribution is 0.528. The Bertz CT molecular complexity index is 230. The van der Waals surface area contributed by atoms with Crippen LogP contribution in [0.1, 0.15) is 13.3 Å². The maximum Gasteiger partial charge on any atom is 0.202 e. The molecule has 0 aromatic carbocycles. The van der Waals surface area contributed by atoms with Gasteiger partial charge in [0.25, 0.3) is 0 Å². The van der Waals surface area contributed by atoms with Crippen molar-refractivity contribution in [2.75, 3.05) is 28.2 Å². The van der Waals surface area contributed by atoms with E-state index in [4.69, 9.17) is 0 Å². The Morgan fingerprint density at radius 1 is 1.07 bits per heavy atom. The fourth-order valence-electron chi connectivity index (χ4n) is 1.11. The summed E-state index contributed by atoms with van der Waals surface area (Å²) in [5.74, 6) is 1.74. The van der Waals surface area contributed by atoms with E-state index in [0.29, 0.717) is 0 Å². The van der Waals surface area contributed by atoms with Crippen LogP contribution in [-0.2, 0) is 0 Å². The number of nitrogens with one attached hydrogen (secondary N) is 1. The SMILES string of the molecule is CCC1N=C(N(C)C)NC(N(C)C)=N1. The summed E-state index contributed by atoms with van der Waals surface area (Å²) in [6, 6.07) is 0. The van der Waals surface area contributed by atoms with E-state index in [1.807, 2.05) is 38.0 Å². The van der Waals surface area contributed by atoms with Crippen molar-refractivity contribution in [3.8, 4) is 0 Å². The van der Waals surface area contributed by atoms with Crippen LogP contribution in [0.5, 0.6) is 0 Å². The molecule has 0 aromatic heterocycles. The van der Waals surface area contributed by atoms with E-state index in [1.54, 1.807) is 0 Å². The number of hydrogen-bond donors (Lipinski definition) is 1. The van der Waals surface area contributed by atoms with Crippen molar-refractivity contribution < 1.29 is 0 Å². The van der Waals surface area contributed by atoms with Crippen LogP contribution < -0.4 is 5.32 Å². The van der Waals surface area contributed by atoms with Gasteiger partial charge in [-0.15, -0.1) is 0 Å². The predicted octanol–water partition coefficient (Wildman–Crippen LogP) is 0.161. The van der Waals surface area contributed by atoms with Crippen LogP contribution in [0.4, 0.5) is 0 Å². The van der Waals surface area contributed by atoms with Crippen LogP contribution in [0.25, 0.3) is 0 Å². The molecule has 0 radical (unpaired) electrons. The van der Waals surface area contributed by atoms with Gasteiger partial charge in [0.15, 0.2) is 0 Å². The molecule has 5 nitrogen and oxygen atoms in total. The first kappa shape index (κ1) is 10.8. The van der Waals surface area contributed by atoms with Crippen LogP contribution in [0.3, 0.4) is 0 Å². The Morgan fingerprint density at radius 2 is 1.50 bits per heavy atom. The molecule has 0 amide bonds. The van der Waals surface area contributed by atoms with Crippen molar-refractivity contribution in [1.29, 1.82) is 0 Å². The Labute approximate surface area is 85.5 Å². The van der Waals surface area contributed by atoms with Crippen molar-refractivity contribution in [3.05, 3.63) is 0 Å². The highest BCUT2D eigenvalue weighted by molar-refractivity contribution is 5.99. The molecule has 0 saturated carbocycles. The second-order valence-corrected chi connectivity index (χ2v) is 3.71. The molecule has 0 aromatic rings. The topological polar surface area (TPSA) is 43.2 Å². The average molecular weight is 197 g/mol. The number of rotatable bonds is 1. The van der Waals surface area contributed by atoms with E-state index in [-0.39, 0.29) is 6.17 Å². The zero-order valence-electron chi connectivity index (χ0n) is 9.57. The molecule has 1 aliphatic rings. The highest BCUT2D eigenvalue weighted by Gasteiger charge is 2.17. The average Bonchev–Trinajstić information content (AvgIpc) is 2.16. The molecular formula is C9H19N5. The van der Waals surface area contributed by atoms with Crippen LogP contribution in [0, 0.1) is 0 Å². The minimum atomic E-state index is 0.0473. The summed E-state index contributed by atoms with van der Waals surface area (Å²) < 4.78 is 0. The fourth-order valence-corrected chi connectivity index (χ4v) is 1.11. The van der Waals surface area contributed by atoms with Crippen LogP contribution >= 0.6 is 0 Å². The summed E-state index contributed by atoms with van der Waals surface area (Å²) in [5, 5.41) is 3.17. The second kappa shape index (κ2) is 4.30. The molecule has 0 atom stereocenters. The molecule has 0 aliphatic carbocycles. The molecular weight excluding hydrogens is 178 g/mol. The van der Waals surface area contributed by atoms with E-state index in [9.17, 15) is 0 Å². The zero-order valence-corrected chi connectivity index (χ0v) is 9.57. The smallest absolute Gasteiger partial charge is 0.202 e. The van der Waals surface area contributed by atoms with Gasteiger partial charge in [-0.2, -0.15) is 0 Å². The van der Waals surface area contributed by atoms with Crippen LogP contribution in [0.15, 0.2) is 9.98 Å². The van der Waals surface area contributed by atoms with E-state index in [2.05, 4.69) is 22.2 Å². The highest BCUT2D eigenvalue weighted by atomic mass is 15.4. The maximum atomic E-state index is 4.45. The number of aliphatic imine (C=N–C) groups is 2. The minimum Gasteiger partial charge on any atom is -0.349 e. The summed E-state index contributed by atoms with van der Waals surface area (Å²) >= 11 is 0. The van der Waals surface area contributed by atoms with Gasteiger partial charge in [-0.25, -0.2) is 9.98 Å². The molecule has 1 heterocycles. The summed E-state index contributed by atoms with van der Waals surface area (Å²) in [4.78, 5) is 12.8. The largest absolute Gasteiger partial charge is 0.349 e. The lowest BCUT2D eigenvalue weighted by atomic mass is 10.4. The van der Waals surface area contributed by atoms with Crippen LogP contribution in [0.2, 0.25) is 0 Å². The lowest BCUT2D eigenvalue weighted by Crippen LogP contribution is -2.49. The van der Waals surface area contributed by atoms with E-state index < -0.39 is 0 Å². The molecule has 0 fully saturated rings. The first-order valence-corrected chi connectivity index (χ1v) is 4.82. The fraction of sp³-hybridized carbons (Fsp3) is 0.778. The quantitative estimate of drug-likeness (QED) is 0.651. The molecule has 0 spiro atoms. The molecule has 0 saturated heterocycles. The first-order chi connectivity index (χ1) is 6.54. The standard InChI is InChI=1S/C9H19N5/c1-6-7-10-8(13(2)3)12-9(11-7)14(4)5/h7H,6H2,1-5H3,(H,10,11,12). The Hall–Kier alpha value is -1.26. The molecule has 0 bridgehead atoms. The number of hydrogen-bond acceptors (Lipinski definition) is 5. The van der Waals surface area contributed by atoms with Gasteiger partial charge in [-0.1, -0.05) is 6.92 Å².